The van der Waals surface area contributed by atoms with Crippen molar-refractivity contribution in [2.45, 2.75) is 6.10 Å². The van der Waals surface area contributed by atoms with Crippen molar-refractivity contribution in [2.24, 2.45) is 0 Å². The van der Waals surface area contributed by atoms with Gasteiger partial charge in [-0.2, -0.15) is 0 Å². The van der Waals surface area contributed by atoms with E-state index in [1.807, 2.05) is 0 Å². The Morgan fingerprint density at radius 3 is 2.47 bits per heavy atom. The summed E-state index contributed by atoms with van der Waals surface area (Å²) in [6, 6.07) is 0. The summed E-state index contributed by atoms with van der Waals surface area (Å²) >= 11 is 0. The highest BCUT2D eigenvalue weighted by Gasteiger charge is 2.24. The van der Waals surface area contributed by atoms with E-state index >= 15 is 0 Å². The van der Waals surface area contributed by atoms with Crippen LogP contribution in [0, 0.1) is 0 Å². The highest BCUT2D eigenvalue weighted by molar-refractivity contribution is 5.91. The molecule has 0 bridgehead atoms. The van der Waals surface area contributed by atoms with Gasteiger partial charge in [0.1, 0.15) is 6.61 Å². The number of carbonyl (C=O) groups excluding carboxylic acids is 2. The molecule has 1 saturated heterocycles. The maximum atomic E-state index is 11.7. The van der Waals surface area contributed by atoms with Crippen LogP contribution in [0.5, 0.6) is 0 Å². The third-order valence-electron chi connectivity index (χ3n) is 2.35. The van der Waals surface area contributed by atoms with E-state index in [4.69, 9.17) is 9.84 Å². The van der Waals surface area contributed by atoms with Crippen LogP contribution in [-0.2, 0) is 23.9 Å². The minimum atomic E-state index is -1.46. The summed E-state index contributed by atoms with van der Waals surface area (Å²) in [5.41, 5.74) is 0. The second kappa shape index (κ2) is 7.49. The molecule has 106 valence electrons. The van der Waals surface area contributed by atoms with Gasteiger partial charge in [-0.1, -0.05) is 0 Å². The van der Waals surface area contributed by atoms with E-state index < -0.39 is 30.6 Å². The largest absolute Gasteiger partial charge is 0.478 e. The summed E-state index contributed by atoms with van der Waals surface area (Å²) in [7, 11) is 0. The molecular formula is C11H15NO7. The number of morpholine rings is 1. The van der Waals surface area contributed by atoms with Gasteiger partial charge in [0, 0.05) is 25.2 Å². The molecule has 1 rings (SSSR count). The normalized spacial score (nSPS) is 17.2. The molecule has 0 aromatic carbocycles. The number of aliphatic carboxylic acids is 1. The van der Waals surface area contributed by atoms with Gasteiger partial charge in [0.2, 0.25) is 0 Å². The topological polar surface area (TPSA) is 113 Å². The number of nitrogens with zero attached hydrogens (tertiary/aromatic N) is 1. The van der Waals surface area contributed by atoms with Gasteiger partial charge in [-0.3, -0.25) is 4.79 Å². The molecule has 8 heteroatoms. The molecule has 1 aliphatic rings. The number of carboxylic acids is 1. The third-order valence-corrected chi connectivity index (χ3v) is 2.35. The Morgan fingerprint density at radius 2 is 1.89 bits per heavy atom. The van der Waals surface area contributed by atoms with E-state index in [9.17, 15) is 19.5 Å². The van der Waals surface area contributed by atoms with E-state index in [0.29, 0.717) is 38.5 Å². The minimum Gasteiger partial charge on any atom is -0.478 e. The molecule has 19 heavy (non-hydrogen) atoms. The first-order valence-corrected chi connectivity index (χ1v) is 5.63. The number of ether oxygens (including phenoxy) is 2. The summed E-state index contributed by atoms with van der Waals surface area (Å²) in [5.74, 6) is -2.77. The molecular weight excluding hydrogens is 258 g/mol. The van der Waals surface area contributed by atoms with Crippen LogP contribution < -0.4 is 0 Å². The zero-order chi connectivity index (χ0) is 14.3. The van der Waals surface area contributed by atoms with Crippen molar-refractivity contribution in [1.29, 1.82) is 0 Å². The smallest absolute Gasteiger partial charge is 0.331 e. The molecule has 0 radical (unpaired) electrons. The fraction of sp³-hybridized carbons (Fsp3) is 0.545. The van der Waals surface area contributed by atoms with E-state index in [1.165, 1.54) is 4.90 Å². The molecule has 2 N–H and O–H groups in total. The van der Waals surface area contributed by atoms with Crippen LogP contribution >= 0.6 is 0 Å². The second-order valence-corrected chi connectivity index (χ2v) is 3.76. The second-order valence-electron chi connectivity index (χ2n) is 3.76. The van der Waals surface area contributed by atoms with Crippen molar-refractivity contribution >= 4 is 17.8 Å². The predicted molar refractivity (Wildman–Crippen MR) is 61.1 cm³/mol. The van der Waals surface area contributed by atoms with Crippen molar-refractivity contribution in [3.05, 3.63) is 12.2 Å². The maximum absolute atomic E-state index is 11.7. The number of esters is 1. The highest BCUT2D eigenvalue weighted by Crippen LogP contribution is 2.01. The fourth-order valence-electron chi connectivity index (χ4n) is 1.41. The van der Waals surface area contributed by atoms with Crippen molar-refractivity contribution in [2.75, 3.05) is 32.9 Å². The number of amides is 1. The van der Waals surface area contributed by atoms with Crippen molar-refractivity contribution in [3.63, 3.8) is 0 Å². The first-order valence-electron chi connectivity index (χ1n) is 5.63. The fourth-order valence-corrected chi connectivity index (χ4v) is 1.41. The molecule has 8 nitrogen and oxygen atoms in total. The summed E-state index contributed by atoms with van der Waals surface area (Å²) in [5, 5.41) is 17.8. The number of aliphatic hydroxyl groups excluding tert-OH is 1. The molecule has 0 aromatic heterocycles. The zero-order valence-corrected chi connectivity index (χ0v) is 10.2. The molecule has 0 spiro atoms. The van der Waals surface area contributed by atoms with Gasteiger partial charge in [-0.15, -0.1) is 0 Å². The Hall–Kier alpha value is -1.93. The number of carbonyl (C=O) groups is 3. The van der Waals surface area contributed by atoms with Gasteiger partial charge < -0.3 is 24.6 Å². The molecule has 0 aromatic rings. The average Bonchev–Trinajstić information content (AvgIpc) is 2.42. The highest BCUT2D eigenvalue weighted by atomic mass is 16.5. The Morgan fingerprint density at radius 1 is 1.26 bits per heavy atom. The van der Waals surface area contributed by atoms with Crippen LogP contribution in [0.15, 0.2) is 12.2 Å². The number of carboxylic acid groups (broad SMARTS) is 1. The van der Waals surface area contributed by atoms with Crippen molar-refractivity contribution in [1.82, 2.24) is 4.90 Å². The predicted octanol–water partition coefficient (Wildman–Crippen LogP) is -1.61. The van der Waals surface area contributed by atoms with Crippen LogP contribution in [0.2, 0.25) is 0 Å². The van der Waals surface area contributed by atoms with Gasteiger partial charge >= 0.3 is 11.9 Å². The molecule has 1 amide bonds. The first kappa shape index (κ1) is 15.1. The molecule has 1 unspecified atom stereocenters. The molecule has 0 saturated carbocycles. The molecule has 1 aliphatic heterocycles. The number of hydrogen-bond acceptors (Lipinski definition) is 6. The van der Waals surface area contributed by atoms with Crippen LogP contribution in [0.3, 0.4) is 0 Å². The zero-order valence-electron chi connectivity index (χ0n) is 10.2. The number of rotatable bonds is 5. The quantitative estimate of drug-likeness (QED) is 0.457. The first-order chi connectivity index (χ1) is 9.00. The monoisotopic (exact) mass is 273 g/mol. The molecule has 1 heterocycles. The molecule has 1 atom stereocenters. The van der Waals surface area contributed by atoms with Gasteiger partial charge in [-0.25, -0.2) is 9.59 Å². The van der Waals surface area contributed by atoms with Crippen LogP contribution in [-0.4, -0.2) is 72.0 Å². The number of aliphatic hydroxyl groups is 1. The van der Waals surface area contributed by atoms with Gasteiger partial charge in [-0.05, 0) is 0 Å². The maximum Gasteiger partial charge on any atom is 0.331 e. The standard InChI is InChI=1S/C11H15NO7/c13-8(7-19-10(16)2-1-9(14)15)11(17)12-3-5-18-6-4-12/h1-2,8,13H,3-7H2,(H,14,15)/b2-1+. The summed E-state index contributed by atoms with van der Waals surface area (Å²) in [6.07, 6.45) is -0.146. The van der Waals surface area contributed by atoms with Crippen LogP contribution in [0.1, 0.15) is 0 Å². The Kier molecular flexibility index (Phi) is 5.97. The van der Waals surface area contributed by atoms with Gasteiger partial charge in [0.15, 0.2) is 6.10 Å². The van der Waals surface area contributed by atoms with Gasteiger partial charge in [0.25, 0.3) is 5.91 Å². The van der Waals surface area contributed by atoms with E-state index in [0.717, 1.165) is 0 Å². The van der Waals surface area contributed by atoms with E-state index in [-0.39, 0.29) is 0 Å². The van der Waals surface area contributed by atoms with Crippen LogP contribution in [0.4, 0.5) is 0 Å². The Labute approximate surface area is 109 Å². The lowest BCUT2D eigenvalue weighted by Crippen LogP contribution is -2.47. The Bertz CT molecular complexity index is 373. The van der Waals surface area contributed by atoms with Gasteiger partial charge in [0.05, 0.1) is 13.2 Å². The lowest BCUT2D eigenvalue weighted by Gasteiger charge is -2.28. The average molecular weight is 273 g/mol. The SMILES string of the molecule is O=C(O)/C=C/C(=O)OCC(O)C(=O)N1CCOCC1. The van der Waals surface area contributed by atoms with E-state index in [2.05, 4.69) is 4.74 Å². The summed E-state index contributed by atoms with van der Waals surface area (Å²) in [4.78, 5) is 34.3. The summed E-state index contributed by atoms with van der Waals surface area (Å²) in [6.45, 7) is 1.05. The van der Waals surface area contributed by atoms with Crippen molar-refractivity contribution < 1.29 is 34.1 Å². The number of hydrogen-bond donors (Lipinski definition) is 2. The summed E-state index contributed by atoms with van der Waals surface area (Å²) < 4.78 is 9.60. The van der Waals surface area contributed by atoms with Crippen LogP contribution in [0.25, 0.3) is 0 Å². The lowest BCUT2D eigenvalue weighted by molar-refractivity contribution is -0.152. The Balaban J connectivity index is 2.33. The van der Waals surface area contributed by atoms with E-state index in [1.54, 1.807) is 0 Å². The third kappa shape index (κ3) is 5.49. The molecule has 1 fully saturated rings. The molecule has 0 aliphatic carbocycles. The van der Waals surface area contributed by atoms with Crippen molar-refractivity contribution in [3.8, 4) is 0 Å². The lowest BCUT2D eigenvalue weighted by atomic mass is 10.3. The minimum absolute atomic E-state index is 0.378.